The number of aromatic nitrogens is 2. The van der Waals surface area contributed by atoms with Gasteiger partial charge in [0.15, 0.2) is 0 Å². The van der Waals surface area contributed by atoms with Crippen molar-refractivity contribution in [2.24, 2.45) is 0 Å². The van der Waals surface area contributed by atoms with Crippen LogP contribution in [0.3, 0.4) is 0 Å². The first-order valence-electron chi connectivity index (χ1n) is 6.41. The fourth-order valence-electron chi connectivity index (χ4n) is 2.28. The van der Waals surface area contributed by atoms with Gasteiger partial charge >= 0.3 is 0 Å². The van der Waals surface area contributed by atoms with Crippen molar-refractivity contribution in [2.75, 3.05) is 19.7 Å². The van der Waals surface area contributed by atoms with E-state index in [1.165, 1.54) is 5.56 Å². The third-order valence-electron chi connectivity index (χ3n) is 3.26. The molecule has 2 aromatic rings. The van der Waals surface area contributed by atoms with Gasteiger partial charge in [-0.15, -0.1) is 0 Å². The van der Waals surface area contributed by atoms with Gasteiger partial charge in [0.1, 0.15) is 0 Å². The van der Waals surface area contributed by atoms with E-state index in [2.05, 4.69) is 42.9 Å². The summed E-state index contributed by atoms with van der Waals surface area (Å²) < 4.78 is 8.98. The predicted molar refractivity (Wildman–Crippen MR) is 78.0 cm³/mol. The number of halogens is 1. The average Bonchev–Trinajstić information content (AvgIpc) is 2.89. The van der Waals surface area contributed by atoms with Crippen molar-refractivity contribution in [1.29, 1.82) is 0 Å². The second-order valence-electron chi connectivity index (χ2n) is 4.64. The first kappa shape index (κ1) is 12.8. The topological polar surface area (TPSA) is 39.1 Å². The maximum absolute atomic E-state index is 5.74. The van der Waals surface area contributed by atoms with Crippen molar-refractivity contribution in [3.63, 3.8) is 0 Å². The fraction of sp³-hybridized carbons (Fsp3) is 0.357. The third-order valence-corrected chi connectivity index (χ3v) is 3.79. The van der Waals surface area contributed by atoms with Gasteiger partial charge in [0.2, 0.25) is 0 Å². The van der Waals surface area contributed by atoms with Crippen molar-refractivity contribution in [2.45, 2.75) is 12.6 Å². The molecule has 0 saturated carbocycles. The molecular formula is C14H16BrN3O. The van der Waals surface area contributed by atoms with Crippen LogP contribution in [-0.2, 0) is 11.3 Å². The summed E-state index contributed by atoms with van der Waals surface area (Å²) in [7, 11) is 0. The van der Waals surface area contributed by atoms with Crippen LogP contribution in [0.25, 0.3) is 11.3 Å². The molecule has 1 atom stereocenters. The first-order chi connectivity index (χ1) is 9.33. The number of rotatable bonds is 3. The highest BCUT2D eigenvalue weighted by Gasteiger charge is 2.15. The van der Waals surface area contributed by atoms with Crippen LogP contribution in [0.5, 0.6) is 0 Å². The highest BCUT2D eigenvalue weighted by atomic mass is 79.9. The largest absolute Gasteiger partial charge is 0.374 e. The van der Waals surface area contributed by atoms with Crippen LogP contribution in [0.2, 0.25) is 0 Å². The van der Waals surface area contributed by atoms with E-state index in [0.717, 1.165) is 36.4 Å². The molecule has 100 valence electrons. The van der Waals surface area contributed by atoms with Gasteiger partial charge in [0.25, 0.3) is 0 Å². The van der Waals surface area contributed by atoms with Crippen LogP contribution in [-0.4, -0.2) is 35.4 Å². The van der Waals surface area contributed by atoms with Gasteiger partial charge in [0, 0.05) is 17.6 Å². The Bertz CT molecular complexity index is 532. The highest BCUT2D eigenvalue weighted by molar-refractivity contribution is 9.10. The molecule has 0 radical (unpaired) electrons. The van der Waals surface area contributed by atoms with E-state index in [1.54, 1.807) is 0 Å². The summed E-state index contributed by atoms with van der Waals surface area (Å²) in [5, 5.41) is 3.35. The van der Waals surface area contributed by atoms with E-state index in [9.17, 15) is 0 Å². The molecule has 1 saturated heterocycles. The summed E-state index contributed by atoms with van der Waals surface area (Å²) >= 11 is 3.46. The third kappa shape index (κ3) is 3.05. The molecule has 2 heterocycles. The molecule has 1 aromatic heterocycles. The Labute approximate surface area is 120 Å². The molecule has 1 aliphatic heterocycles. The minimum atomic E-state index is 0.220. The van der Waals surface area contributed by atoms with E-state index in [4.69, 9.17) is 4.74 Å². The van der Waals surface area contributed by atoms with E-state index >= 15 is 0 Å². The zero-order valence-electron chi connectivity index (χ0n) is 10.6. The van der Waals surface area contributed by atoms with Crippen LogP contribution in [0.15, 0.2) is 41.3 Å². The van der Waals surface area contributed by atoms with Crippen molar-refractivity contribution in [1.82, 2.24) is 14.9 Å². The monoisotopic (exact) mass is 321 g/mol. The minimum absolute atomic E-state index is 0.220. The fourth-order valence-corrected chi connectivity index (χ4v) is 2.55. The Morgan fingerprint density at radius 1 is 1.37 bits per heavy atom. The van der Waals surface area contributed by atoms with Crippen molar-refractivity contribution in [3.8, 4) is 11.3 Å². The Morgan fingerprint density at radius 2 is 2.21 bits per heavy atom. The van der Waals surface area contributed by atoms with Gasteiger partial charge in [-0.05, 0) is 17.7 Å². The molecule has 1 aliphatic rings. The van der Waals surface area contributed by atoms with E-state index in [1.807, 2.05) is 24.7 Å². The van der Waals surface area contributed by atoms with E-state index < -0.39 is 0 Å². The highest BCUT2D eigenvalue weighted by Crippen LogP contribution is 2.22. The molecule has 1 fully saturated rings. The van der Waals surface area contributed by atoms with Crippen LogP contribution in [0.1, 0.15) is 0 Å². The lowest BCUT2D eigenvalue weighted by molar-refractivity contribution is 0.0184. The van der Waals surface area contributed by atoms with Gasteiger partial charge in [-0.3, -0.25) is 0 Å². The SMILES string of the molecule is Brc1ccc(-c2cncn2CC2CNCCO2)cc1. The van der Waals surface area contributed by atoms with Crippen LogP contribution in [0, 0.1) is 0 Å². The van der Waals surface area contributed by atoms with Gasteiger partial charge in [-0.2, -0.15) is 0 Å². The van der Waals surface area contributed by atoms with Crippen LogP contribution in [0.4, 0.5) is 0 Å². The lowest BCUT2D eigenvalue weighted by Gasteiger charge is -2.24. The van der Waals surface area contributed by atoms with E-state index in [0.29, 0.717) is 0 Å². The molecule has 1 unspecified atom stereocenters. The predicted octanol–water partition coefficient (Wildman–Crippen LogP) is 2.30. The molecular weight excluding hydrogens is 306 g/mol. The Morgan fingerprint density at radius 3 is 2.95 bits per heavy atom. The first-order valence-corrected chi connectivity index (χ1v) is 7.20. The zero-order valence-corrected chi connectivity index (χ0v) is 12.1. The summed E-state index contributed by atoms with van der Waals surface area (Å²) in [5.74, 6) is 0. The van der Waals surface area contributed by atoms with Gasteiger partial charge < -0.3 is 14.6 Å². The summed E-state index contributed by atoms with van der Waals surface area (Å²) in [6, 6.07) is 8.28. The molecule has 4 nitrogen and oxygen atoms in total. The summed E-state index contributed by atoms with van der Waals surface area (Å²) in [6.07, 6.45) is 3.99. The van der Waals surface area contributed by atoms with Gasteiger partial charge in [0.05, 0.1) is 37.5 Å². The van der Waals surface area contributed by atoms with Crippen molar-refractivity contribution in [3.05, 3.63) is 41.3 Å². The number of ether oxygens (including phenoxy) is 1. The number of hydrogen-bond acceptors (Lipinski definition) is 3. The second kappa shape index (κ2) is 5.86. The van der Waals surface area contributed by atoms with Crippen LogP contribution >= 0.6 is 15.9 Å². The molecule has 0 amide bonds. The Balaban J connectivity index is 1.79. The summed E-state index contributed by atoms with van der Waals surface area (Å²) in [6.45, 7) is 3.46. The lowest BCUT2D eigenvalue weighted by Crippen LogP contribution is -2.40. The average molecular weight is 322 g/mol. The number of benzene rings is 1. The van der Waals surface area contributed by atoms with Crippen molar-refractivity contribution < 1.29 is 4.74 Å². The second-order valence-corrected chi connectivity index (χ2v) is 5.55. The standard InChI is InChI=1S/C14H16BrN3O/c15-12-3-1-11(2-4-12)14-8-17-10-18(14)9-13-7-16-5-6-19-13/h1-4,8,10,13,16H,5-7,9H2. The molecule has 5 heteroatoms. The van der Waals surface area contributed by atoms with Crippen LogP contribution < -0.4 is 5.32 Å². The van der Waals surface area contributed by atoms with Gasteiger partial charge in [-0.1, -0.05) is 28.1 Å². The maximum Gasteiger partial charge on any atom is 0.0951 e. The molecule has 1 N–H and O–H groups in total. The number of imidazole rings is 1. The number of nitrogens with zero attached hydrogens (tertiary/aromatic N) is 2. The molecule has 19 heavy (non-hydrogen) atoms. The Kier molecular flexibility index (Phi) is 3.96. The van der Waals surface area contributed by atoms with Crippen molar-refractivity contribution >= 4 is 15.9 Å². The molecule has 0 bridgehead atoms. The lowest BCUT2D eigenvalue weighted by atomic mass is 10.1. The number of hydrogen-bond donors (Lipinski definition) is 1. The number of morpholine rings is 1. The summed E-state index contributed by atoms with van der Waals surface area (Å²) in [5.41, 5.74) is 2.30. The molecule has 0 spiro atoms. The maximum atomic E-state index is 5.74. The Hall–Kier alpha value is -1.17. The molecule has 1 aromatic carbocycles. The summed E-state index contributed by atoms with van der Waals surface area (Å²) in [4.78, 5) is 4.26. The quantitative estimate of drug-likeness (QED) is 0.942. The molecule has 0 aliphatic carbocycles. The minimum Gasteiger partial charge on any atom is -0.374 e. The van der Waals surface area contributed by atoms with Gasteiger partial charge in [-0.25, -0.2) is 4.98 Å². The zero-order chi connectivity index (χ0) is 13.1. The smallest absolute Gasteiger partial charge is 0.0951 e. The normalized spacial score (nSPS) is 19.5. The van der Waals surface area contributed by atoms with E-state index in [-0.39, 0.29) is 6.10 Å². The molecule has 3 rings (SSSR count). The number of nitrogens with one attached hydrogen (secondary N) is 1.